The van der Waals surface area contributed by atoms with Gasteiger partial charge >= 0.3 is 6.18 Å². The molecule has 1 N–H and O–H groups in total. The van der Waals surface area contributed by atoms with Crippen molar-refractivity contribution in [1.82, 2.24) is 14.8 Å². The standard InChI is InChI=1S/C17H11ClF3N5/c18-16-11(9-22)5-6-15(24-16)26-8-7-14(25-26)23-10-12-3-1-2-4-13(12)17(19,20)21/h1-8H,10H2,(H,23,25). The van der Waals surface area contributed by atoms with Crippen molar-refractivity contribution in [3.05, 3.63) is 70.5 Å². The van der Waals surface area contributed by atoms with E-state index in [2.05, 4.69) is 15.4 Å². The predicted molar refractivity (Wildman–Crippen MR) is 89.9 cm³/mol. The minimum absolute atomic E-state index is 0.0335. The van der Waals surface area contributed by atoms with Gasteiger partial charge in [-0.3, -0.25) is 0 Å². The summed E-state index contributed by atoms with van der Waals surface area (Å²) in [4.78, 5) is 4.06. The lowest BCUT2D eigenvalue weighted by atomic mass is 10.1. The average molecular weight is 378 g/mol. The lowest BCUT2D eigenvalue weighted by Crippen LogP contribution is -2.12. The monoisotopic (exact) mass is 377 g/mol. The highest BCUT2D eigenvalue weighted by Gasteiger charge is 2.32. The largest absolute Gasteiger partial charge is 0.416 e. The summed E-state index contributed by atoms with van der Waals surface area (Å²) in [5, 5.41) is 16.0. The maximum atomic E-state index is 13.0. The maximum Gasteiger partial charge on any atom is 0.416 e. The first-order valence-electron chi connectivity index (χ1n) is 7.40. The molecule has 0 saturated carbocycles. The van der Waals surface area contributed by atoms with E-state index in [0.29, 0.717) is 11.6 Å². The van der Waals surface area contributed by atoms with E-state index in [0.717, 1.165) is 6.07 Å². The van der Waals surface area contributed by atoms with E-state index < -0.39 is 11.7 Å². The van der Waals surface area contributed by atoms with Crippen LogP contribution in [0.3, 0.4) is 0 Å². The van der Waals surface area contributed by atoms with Crippen LogP contribution in [0.15, 0.2) is 48.7 Å². The fourth-order valence-electron chi connectivity index (χ4n) is 2.32. The Kier molecular flexibility index (Phi) is 4.82. The molecule has 26 heavy (non-hydrogen) atoms. The van der Waals surface area contributed by atoms with E-state index in [1.165, 1.54) is 22.9 Å². The van der Waals surface area contributed by atoms with Gasteiger partial charge in [-0.1, -0.05) is 29.8 Å². The van der Waals surface area contributed by atoms with Crippen molar-refractivity contribution in [2.75, 3.05) is 5.32 Å². The van der Waals surface area contributed by atoms with Crippen LogP contribution in [0.4, 0.5) is 19.0 Å². The number of halogens is 4. The van der Waals surface area contributed by atoms with Crippen molar-refractivity contribution in [1.29, 1.82) is 5.26 Å². The molecule has 2 heterocycles. The Morgan fingerprint density at radius 3 is 2.62 bits per heavy atom. The molecule has 3 aromatic rings. The summed E-state index contributed by atoms with van der Waals surface area (Å²) >= 11 is 5.89. The molecule has 0 atom stereocenters. The molecule has 9 heteroatoms. The topological polar surface area (TPSA) is 66.5 Å². The molecule has 0 aliphatic carbocycles. The van der Waals surface area contributed by atoms with Crippen LogP contribution in [-0.4, -0.2) is 14.8 Å². The maximum absolute atomic E-state index is 13.0. The number of nitrogens with zero attached hydrogens (tertiary/aromatic N) is 4. The lowest BCUT2D eigenvalue weighted by molar-refractivity contribution is -0.138. The third-order valence-corrected chi connectivity index (χ3v) is 3.85. The third-order valence-electron chi connectivity index (χ3n) is 3.56. The second kappa shape index (κ2) is 7.06. The third kappa shape index (κ3) is 3.78. The summed E-state index contributed by atoms with van der Waals surface area (Å²) in [5.41, 5.74) is -0.328. The highest BCUT2D eigenvalue weighted by molar-refractivity contribution is 6.30. The number of rotatable bonds is 4. The van der Waals surface area contributed by atoms with Crippen LogP contribution in [0.5, 0.6) is 0 Å². The molecule has 0 aliphatic heterocycles. The minimum Gasteiger partial charge on any atom is -0.364 e. The Bertz CT molecular complexity index is 975. The Morgan fingerprint density at radius 1 is 1.15 bits per heavy atom. The normalized spacial score (nSPS) is 11.2. The van der Waals surface area contributed by atoms with Gasteiger partial charge in [-0.2, -0.15) is 18.4 Å². The first-order valence-corrected chi connectivity index (χ1v) is 7.78. The number of pyridine rings is 1. The summed E-state index contributed by atoms with van der Waals surface area (Å²) in [7, 11) is 0. The summed E-state index contributed by atoms with van der Waals surface area (Å²) in [6, 6.07) is 11.9. The highest BCUT2D eigenvalue weighted by atomic mass is 35.5. The summed E-state index contributed by atoms with van der Waals surface area (Å²) in [6.45, 7) is -0.0335. The second-order valence-electron chi connectivity index (χ2n) is 5.27. The quantitative estimate of drug-likeness (QED) is 0.683. The van der Waals surface area contributed by atoms with Crippen LogP contribution in [-0.2, 0) is 12.7 Å². The molecular formula is C17H11ClF3N5. The molecule has 5 nitrogen and oxygen atoms in total. The molecule has 0 fully saturated rings. The molecule has 3 rings (SSSR count). The highest BCUT2D eigenvalue weighted by Crippen LogP contribution is 2.32. The smallest absolute Gasteiger partial charge is 0.364 e. The van der Waals surface area contributed by atoms with Gasteiger partial charge in [0, 0.05) is 18.8 Å². The molecule has 0 saturated heterocycles. The Morgan fingerprint density at radius 2 is 1.92 bits per heavy atom. The number of hydrogen-bond acceptors (Lipinski definition) is 4. The number of nitrogens with one attached hydrogen (secondary N) is 1. The molecule has 0 aliphatic rings. The SMILES string of the molecule is N#Cc1ccc(-n2ccc(NCc3ccccc3C(F)(F)F)n2)nc1Cl. The number of hydrogen-bond donors (Lipinski definition) is 1. The van der Waals surface area contributed by atoms with E-state index in [1.807, 2.05) is 6.07 Å². The van der Waals surface area contributed by atoms with Gasteiger partial charge in [0.25, 0.3) is 0 Å². The van der Waals surface area contributed by atoms with Crippen LogP contribution in [0.2, 0.25) is 5.15 Å². The van der Waals surface area contributed by atoms with Gasteiger partial charge in [0.15, 0.2) is 5.82 Å². The van der Waals surface area contributed by atoms with E-state index in [4.69, 9.17) is 16.9 Å². The van der Waals surface area contributed by atoms with Crippen molar-refractivity contribution in [3.8, 4) is 11.9 Å². The molecule has 0 unspecified atom stereocenters. The first kappa shape index (κ1) is 17.8. The van der Waals surface area contributed by atoms with Gasteiger partial charge in [-0.15, -0.1) is 5.10 Å². The molecule has 132 valence electrons. The van der Waals surface area contributed by atoms with Crippen molar-refractivity contribution in [3.63, 3.8) is 0 Å². The lowest BCUT2D eigenvalue weighted by Gasteiger charge is -2.12. The molecule has 0 bridgehead atoms. The first-order chi connectivity index (χ1) is 12.4. The van der Waals surface area contributed by atoms with Crippen LogP contribution in [0.1, 0.15) is 16.7 Å². The van der Waals surface area contributed by atoms with Gasteiger partial charge in [-0.25, -0.2) is 9.67 Å². The molecule has 0 radical (unpaired) electrons. The van der Waals surface area contributed by atoms with E-state index in [-0.39, 0.29) is 22.8 Å². The summed E-state index contributed by atoms with van der Waals surface area (Å²) in [6.07, 6.45) is -2.83. The number of alkyl halides is 3. The van der Waals surface area contributed by atoms with Gasteiger partial charge in [0.2, 0.25) is 0 Å². The number of anilines is 1. The molecule has 0 spiro atoms. The van der Waals surface area contributed by atoms with E-state index >= 15 is 0 Å². The molecule has 2 aromatic heterocycles. The minimum atomic E-state index is -4.42. The fourth-order valence-corrected chi connectivity index (χ4v) is 2.51. The van der Waals surface area contributed by atoms with Gasteiger partial charge in [-0.05, 0) is 23.8 Å². The van der Waals surface area contributed by atoms with Gasteiger partial charge in [0.1, 0.15) is 17.0 Å². The van der Waals surface area contributed by atoms with Gasteiger partial charge < -0.3 is 5.32 Å². The number of benzene rings is 1. The van der Waals surface area contributed by atoms with Crippen molar-refractivity contribution in [2.45, 2.75) is 12.7 Å². The second-order valence-corrected chi connectivity index (χ2v) is 5.63. The Balaban J connectivity index is 1.76. The van der Waals surface area contributed by atoms with Crippen LogP contribution in [0, 0.1) is 11.3 Å². The van der Waals surface area contributed by atoms with E-state index in [1.54, 1.807) is 24.4 Å². The van der Waals surface area contributed by atoms with Crippen molar-refractivity contribution < 1.29 is 13.2 Å². The summed E-state index contributed by atoms with van der Waals surface area (Å²) < 4.78 is 40.4. The Hall–Kier alpha value is -3.05. The van der Waals surface area contributed by atoms with Crippen LogP contribution >= 0.6 is 11.6 Å². The van der Waals surface area contributed by atoms with Crippen molar-refractivity contribution >= 4 is 17.4 Å². The van der Waals surface area contributed by atoms with Gasteiger partial charge in [0.05, 0.1) is 11.1 Å². The number of nitriles is 1. The number of aromatic nitrogens is 3. The summed E-state index contributed by atoms with van der Waals surface area (Å²) in [5.74, 6) is 0.766. The van der Waals surface area contributed by atoms with Crippen molar-refractivity contribution in [2.24, 2.45) is 0 Å². The van der Waals surface area contributed by atoms with E-state index in [9.17, 15) is 13.2 Å². The zero-order valence-electron chi connectivity index (χ0n) is 13.1. The molecule has 0 amide bonds. The predicted octanol–water partition coefficient (Wildman–Crippen LogP) is 4.42. The zero-order valence-corrected chi connectivity index (χ0v) is 13.9. The van der Waals surface area contributed by atoms with Crippen LogP contribution < -0.4 is 5.32 Å². The molecular weight excluding hydrogens is 367 g/mol. The fraction of sp³-hybridized carbons (Fsp3) is 0.118. The average Bonchev–Trinajstić information content (AvgIpc) is 3.08. The van der Waals surface area contributed by atoms with Crippen LogP contribution in [0.25, 0.3) is 5.82 Å². The molecule has 1 aromatic carbocycles. The Labute approximate surface area is 151 Å². The zero-order chi connectivity index (χ0) is 18.7.